The first-order chi connectivity index (χ1) is 7.83. The van der Waals surface area contributed by atoms with Crippen molar-refractivity contribution in [3.05, 3.63) is 35.4 Å². The van der Waals surface area contributed by atoms with Gasteiger partial charge in [-0.1, -0.05) is 12.1 Å². The van der Waals surface area contributed by atoms with Crippen molar-refractivity contribution in [3.63, 3.8) is 0 Å². The average Bonchev–Trinajstić information content (AvgIpc) is 2.39. The summed E-state index contributed by atoms with van der Waals surface area (Å²) in [6.45, 7) is 0.904. The molecule has 0 saturated carbocycles. The van der Waals surface area contributed by atoms with E-state index in [1.807, 2.05) is 24.3 Å². The number of nitrogens with zero attached hydrogens (tertiary/aromatic N) is 1. The Labute approximate surface area is 96.0 Å². The lowest BCUT2D eigenvalue weighted by atomic mass is 9.95. The van der Waals surface area contributed by atoms with Crippen molar-refractivity contribution in [2.24, 2.45) is 0 Å². The second kappa shape index (κ2) is 5.11. The molecule has 1 aromatic carbocycles. The Kier molecular flexibility index (Phi) is 3.55. The van der Waals surface area contributed by atoms with Crippen LogP contribution in [0.4, 0.5) is 0 Å². The van der Waals surface area contributed by atoms with Gasteiger partial charge in [0.05, 0.1) is 17.7 Å². The number of hydrogen-bond acceptors (Lipinski definition) is 3. The van der Waals surface area contributed by atoms with Gasteiger partial charge >= 0.3 is 0 Å². The predicted octanol–water partition coefficient (Wildman–Crippen LogP) is 2.00. The van der Waals surface area contributed by atoms with Gasteiger partial charge in [0.15, 0.2) is 0 Å². The van der Waals surface area contributed by atoms with Crippen LogP contribution in [0, 0.1) is 11.3 Å². The Bertz CT molecular complexity index is 372. The molecule has 1 fully saturated rings. The molecule has 0 radical (unpaired) electrons. The zero-order valence-electron chi connectivity index (χ0n) is 9.44. The summed E-state index contributed by atoms with van der Waals surface area (Å²) in [6, 6.07) is 10.3. The fraction of sp³-hybridized carbons (Fsp3) is 0.462. The van der Waals surface area contributed by atoms with Gasteiger partial charge in [0.2, 0.25) is 0 Å². The van der Waals surface area contributed by atoms with Crippen LogP contribution < -0.4 is 5.32 Å². The fourth-order valence-electron chi connectivity index (χ4n) is 2.11. The van der Waals surface area contributed by atoms with Crippen LogP contribution in [0.2, 0.25) is 0 Å². The van der Waals surface area contributed by atoms with Gasteiger partial charge < -0.3 is 10.1 Å². The van der Waals surface area contributed by atoms with E-state index in [0.29, 0.717) is 17.7 Å². The first-order valence-electron chi connectivity index (χ1n) is 5.59. The van der Waals surface area contributed by atoms with Crippen LogP contribution in [0.25, 0.3) is 0 Å². The van der Waals surface area contributed by atoms with Crippen LogP contribution in [-0.2, 0) is 4.74 Å². The minimum Gasteiger partial charge on any atom is -0.380 e. The zero-order chi connectivity index (χ0) is 11.4. The molecule has 0 aliphatic carbocycles. The molecule has 1 saturated heterocycles. The molecule has 1 aliphatic heterocycles. The van der Waals surface area contributed by atoms with Crippen LogP contribution >= 0.6 is 0 Å². The lowest BCUT2D eigenvalue weighted by molar-refractivity contribution is 0.0705. The Hall–Kier alpha value is -1.37. The number of nitrogens with one attached hydrogen (secondary N) is 1. The van der Waals surface area contributed by atoms with E-state index in [0.717, 1.165) is 19.4 Å². The molecule has 0 bridgehead atoms. The normalized spacial score (nSPS) is 25.0. The molecular formula is C13H16N2O. The molecule has 3 heteroatoms. The lowest BCUT2D eigenvalue weighted by Crippen LogP contribution is -2.37. The van der Waals surface area contributed by atoms with Gasteiger partial charge in [-0.25, -0.2) is 0 Å². The topological polar surface area (TPSA) is 45.0 Å². The second-order valence-corrected chi connectivity index (χ2v) is 4.13. The number of benzene rings is 1. The summed E-state index contributed by atoms with van der Waals surface area (Å²) in [6.07, 6.45) is 2.52. The van der Waals surface area contributed by atoms with E-state index in [2.05, 4.69) is 11.4 Å². The molecule has 1 heterocycles. The molecule has 2 rings (SSSR count). The molecular weight excluding hydrogens is 200 g/mol. The van der Waals surface area contributed by atoms with Gasteiger partial charge in [0.1, 0.15) is 0 Å². The van der Waals surface area contributed by atoms with Crippen molar-refractivity contribution in [2.75, 3.05) is 13.7 Å². The Balaban J connectivity index is 2.00. The first kappa shape index (κ1) is 11.1. The summed E-state index contributed by atoms with van der Waals surface area (Å²) in [5.74, 6) is 0. The van der Waals surface area contributed by atoms with Crippen LogP contribution in [0.15, 0.2) is 24.3 Å². The molecule has 3 nitrogen and oxygen atoms in total. The van der Waals surface area contributed by atoms with Gasteiger partial charge in [-0.2, -0.15) is 5.26 Å². The first-order valence-corrected chi connectivity index (χ1v) is 5.59. The molecule has 0 spiro atoms. The highest BCUT2D eigenvalue weighted by molar-refractivity contribution is 5.33. The Morgan fingerprint density at radius 1 is 1.31 bits per heavy atom. The van der Waals surface area contributed by atoms with E-state index >= 15 is 0 Å². The van der Waals surface area contributed by atoms with Crippen LogP contribution in [0.3, 0.4) is 0 Å². The molecule has 0 aromatic heterocycles. The summed E-state index contributed by atoms with van der Waals surface area (Å²) >= 11 is 0. The van der Waals surface area contributed by atoms with Crippen LogP contribution in [0.1, 0.15) is 30.0 Å². The third-order valence-electron chi connectivity index (χ3n) is 3.14. The monoisotopic (exact) mass is 216 g/mol. The van der Waals surface area contributed by atoms with E-state index in [4.69, 9.17) is 10.00 Å². The maximum absolute atomic E-state index is 8.72. The van der Waals surface area contributed by atoms with E-state index < -0.39 is 0 Å². The van der Waals surface area contributed by atoms with Gasteiger partial charge in [-0.05, 0) is 30.5 Å². The quantitative estimate of drug-likeness (QED) is 0.822. The maximum Gasteiger partial charge on any atom is 0.0991 e. The number of ether oxygens (including phenoxy) is 1. The smallest absolute Gasteiger partial charge is 0.0991 e. The largest absolute Gasteiger partial charge is 0.380 e. The third-order valence-corrected chi connectivity index (χ3v) is 3.14. The standard InChI is InChI=1S/C13H16N2O/c1-16-12-6-7-13(15-9-12)11-4-2-10(8-14)3-5-11/h2-5,12-13,15H,6-7,9H2,1H3/t12-,13-/m0/s1. The molecule has 0 unspecified atom stereocenters. The van der Waals surface area contributed by atoms with Crippen LogP contribution in [0.5, 0.6) is 0 Å². The third kappa shape index (κ3) is 2.41. The summed E-state index contributed by atoms with van der Waals surface area (Å²) < 4.78 is 5.31. The summed E-state index contributed by atoms with van der Waals surface area (Å²) in [5, 5.41) is 12.2. The minimum absolute atomic E-state index is 0.342. The molecule has 0 amide bonds. The number of hydrogen-bond donors (Lipinski definition) is 1. The molecule has 1 N–H and O–H groups in total. The van der Waals surface area contributed by atoms with Gasteiger partial charge in [-0.3, -0.25) is 0 Å². The van der Waals surface area contributed by atoms with E-state index in [1.165, 1.54) is 5.56 Å². The minimum atomic E-state index is 0.342. The predicted molar refractivity (Wildman–Crippen MR) is 61.9 cm³/mol. The lowest BCUT2D eigenvalue weighted by Gasteiger charge is -2.29. The fourth-order valence-corrected chi connectivity index (χ4v) is 2.11. The summed E-state index contributed by atoms with van der Waals surface area (Å²) in [5.41, 5.74) is 1.97. The van der Waals surface area contributed by atoms with E-state index in [1.54, 1.807) is 7.11 Å². The van der Waals surface area contributed by atoms with Gasteiger partial charge in [0.25, 0.3) is 0 Å². The molecule has 1 aliphatic rings. The Morgan fingerprint density at radius 3 is 2.56 bits per heavy atom. The Morgan fingerprint density at radius 2 is 2.06 bits per heavy atom. The highest BCUT2D eigenvalue weighted by atomic mass is 16.5. The van der Waals surface area contributed by atoms with E-state index in [9.17, 15) is 0 Å². The number of piperidine rings is 1. The SMILES string of the molecule is CO[C@H]1CC[C@@H](c2ccc(C#N)cc2)NC1. The molecule has 84 valence electrons. The molecule has 16 heavy (non-hydrogen) atoms. The highest BCUT2D eigenvalue weighted by Gasteiger charge is 2.20. The second-order valence-electron chi connectivity index (χ2n) is 4.13. The number of rotatable bonds is 2. The molecule has 2 atom stereocenters. The van der Waals surface area contributed by atoms with Crippen molar-refractivity contribution in [2.45, 2.75) is 25.0 Å². The van der Waals surface area contributed by atoms with Gasteiger partial charge in [0, 0.05) is 19.7 Å². The maximum atomic E-state index is 8.72. The number of nitriles is 1. The highest BCUT2D eigenvalue weighted by Crippen LogP contribution is 2.24. The van der Waals surface area contributed by atoms with Crippen molar-refractivity contribution >= 4 is 0 Å². The van der Waals surface area contributed by atoms with Crippen molar-refractivity contribution in [1.82, 2.24) is 5.32 Å². The van der Waals surface area contributed by atoms with E-state index in [-0.39, 0.29) is 0 Å². The van der Waals surface area contributed by atoms with Crippen molar-refractivity contribution < 1.29 is 4.74 Å². The van der Waals surface area contributed by atoms with Crippen molar-refractivity contribution in [1.29, 1.82) is 5.26 Å². The summed E-state index contributed by atoms with van der Waals surface area (Å²) in [4.78, 5) is 0. The number of methoxy groups -OCH3 is 1. The zero-order valence-corrected chi connectivity index (χ0v) is 9.44. The van der Waals surface area contributed by atoms with Crippen LogP contribution in [-0.4, -0.2) is 19.8 Å². The van der Waals surface area contributed by atoms with Gasteiger partial charge in [-0.15, -0.1) is 0 Å². The molecule has 1 aromatic rings. The van der Waals surface area contributed by atoms with Crippen molar-refractivity contribution in [3.8, 4) is 6.07 Å². The average molecular weight is 216 g/mol. The summed E-state index contributed by atoms with van der Waals surface area (Å²) in [7, 11) is 1.76.